The fraction of sp³-hybridized carbons (Fsp3) is 0.188. The third kappa shape index (κ3) is 1.74. The zero-order valence-corrected chi connectivity index (χ0v) is 10.7. The van der Waals surface area contributed by atoms with Gasteiger partial charge < -0.3 is 0 Å². The van der Waals surface area contributed by atoms with Gasteiger partial charge in [-0.05, 0) is 24.6 Å². The van der Waals surface area contributed by atoms with Crippen LogP contribution in [0.2, 0.25) is 0 Å². The molecular weight excluding hydrogens is 238 g/mol. The number of hydrogen-bond donors (Lipinski definition) is 1. The molecule has 0 saturated carbocycles. The molecule has 0 bridgehead atoms. The van der Waals surface area contributed by atoms with Gasteiger partial charge in [0.1, 0.15) is 5.54 Å². The summed E-state index contributed by atoms with van der Waals surface area (Å²) in [6.07, 6.45) is 0.521. The second-order valence-corrected chi connectivity index (χ2v) is 5.08. The normalized spacial score (nSPS) is 21.3. The Morgan fingerprint density at radius 2 is 1.68 bits per heavy atom. The lowest BCUT2D eigenvalue weighted by molar-refractivity contribution is 0.0800. The summed E-state index contributed by atoms with van der Waals surface area (Å²) in [5, 5.41) is 11.5. The van der Waals surface area contributed by atoms with Gasteiger partial charge in [0.2, 0.25) is 0 Å². The quantitative estimate of drug-likeness (QED) is 0.836. The number of carbonyl (C=O) groups excluding carboxylic acids is 1. The van der Waals surface area contributed by atoms with E-state index in [1.54, 1.807) is 19.1 Å². The molecule has 3 rings (SSSR count). The molecule has 0 aromatic heterocycles. The van der Waals surface area contributed by atoms with Gasteiger partial charge in [-0.2, -0.15) is 0 Å². The fourth-order valence-electron chi connectivity index (χ4n) is 2.66. The van der Waals surface area contributed by atoms with Crippen molar-refractivity contribution < 1.29 is 10.0 Å². The van der Waals surface area contributed by atoms with E-state index in [-0.39, 0.29) is 5.78 Å². The van der Waals surface area contributed by atoms with Gasteiger partial charge in [0, 0.05) is 12.0 Å². The molecule has 2 aromatic rings. The second-order valence-electron chi connectivity index (χ2n) is 5.08. The van der Waals surface area contributed by atoms with Gasteiger partial charge in [0.15, 0.2) is 5.78 Å². The first-order valence-corrected chi connectivity index (χ1v) is 6.30. The molecule has 96 valence electrons. The Bertz CT molecular complexity index is 624. The van der Waals surface area contributed by atoms with Crippen LogP contribution in [0.4, 0.5) is 5.69 Å². The van der Waals surface area contributed by atoms with Crippen molar-refractivity contribution in [2.24, 2.45) is 0 Å². The maximum atomic E-state index is 12.5. The van der Waals surface area contributed by atoms with Crippen LogP contribution in [-0.4, -0.2) is 16.5 Å². The van der Waals surface area contributed by atoms with E-state index in [1.807, 2.05) is 42.5 Å². The van der Waals surface area contributed by atoms with Crippen molar-refractivity contribution in [3.63, 3.8) is 0 Å². The number of ketones is 1. The minimum Gasteiger partial charge on any atom is -0.291 e. The number of hydroxylamine groups is 1. The molecule has 0 spiro atoms. The highest BCUT2D eigenvalue weighted by atomic mass is 16.5. The fourth-order valence-corrected chi connectivity index (χ4v) is 2.66. The van der Waals surface area contributed by atoms with Crippen LogP contribution in [0.25, 0.3) is 0 Å². The summed E-state index contributed by atoms with van der Waals surface area (Å²) in [7, 11) is 0. The Labute approximate surface area is 112 Å². The Morgan fingerprint density at radius 1 is 1.05 bits per heavy atom. The van der Waals surface area contributed by atoms with Gasteiger partial charge in [-0.1, -0.05) is 42.5 Å². The van der Waals surface area contributed by atoms with Crippen LogP contribution >= 0.6 is 0 Å². The van der Waals surface area contributed by atoms with Gasteiger partial charge >= 0.3 is 0 Å². The molecule has 1 unspecified atom stereocenters. The molecule has 0 fully saturated rings. The van der Waals surface area contributed by atoms with Crippen LogP contribution in [0.5, 0.6) is 0 Å². The Hall–Kier alpha value is -2.13. The molecule has 0 amide bonds. The first kappa shape index (κ1) is 11.9. The average molecular weight is 253 g/mol. The van der Waals surface area contributed by atoms with Crippen LogP contribution in [0.15, 0.2) is 54.6 Å². The molecule has 1 N–H and O–H groups in total. The Morgan fingerprint density at radius 3 is 2.37 bits per heavy atom. The van der Waals surface area contributed by atoms with Crippen LogP contribution in [0.1, 0.15) is 22.8 Å². The summed E-state index contributed by atoms with van der Waals surface area (Å²) >= 11 is 0. The zero-order valence-electron chi connectivity index (χ0n) is 10.7. The van der Waals surface area contributed by atoms with Gasteiger partial charge in [-0.3, -0.25) is 10.0 Å². The van der Waals surface area contributed by atoms with Crippen molar-refractivity contribution in [1.82, 2.24) is 0 Å². The van der Waals surface area contributed by atoms with E-state index >= 15 is 0 Å². The van der Waals surface area contributed by atoms with E-state index in [9.17, 15) is 10.0 Å². The number of anilines is 1. The first-order valence-electron chi connectivity index (χ1n) is 6.30. The summed E-state index contributed by atoms with van der Waals surface area (Å²) < 4.78 is 0. The van der Waals surface area contributed by atoms with Crippen molar-refractivity contribution in [1.29, 1.82) is 0 Å². The minimum absolute atomic E-state index is 0.0329. The molecule has 3 heteroatoms. The van der Waals surface area contributed by atoms with Crippen molar-refractivity contribution >= 4 is 11.5 Å². The summed E-state index contributed by atoms with van der Waals surface area (Å²) in [6.45, 7) is 1.78. The molecule has 3 nitrogen and oxygen atoms in total. The third-order valence-electron chi connectivity index (χ3n) is 3.75. The molecule has 0 aliphatic heterocycles. The van der Waals surface area contributed by atoms with Gasteiger partial charge in [0.05, 0.1) is 5.69 Å². The molecule has 1 atom stereocenters. The van der Waals surface area contributed by atoms with Gasteiger partial charge in [0.25, 0.3) is 0 Å². The van der Waals surface area contributed by atoms with E-state index in [0.717, 1.165) is 10.6 Å². The van der Waals surface area contributed by atoms with Crippen LogP contribution in [0, 0.1) is 0 Å². The lowest BCUT2D eigenvalue weighted by Gasteiger charge is -2.33. The standard InChI is InChI=1S/C16H15NO2/c1-16(17(19)13-8-3-2-4-9-13)11-12-7-5-6-10-14(12)15(16)18/h2-10,19H,11H2,1H3. The van der Waals surface area contributed by atoms with Gasteiger partial charge in [-0.15, -0.1) is 0 Å². The van der Waals surface area contributed by atoms with Crippen LogP contribution in [-0.2, 0) is 6.42 Å². The molecule has 2 aromatic carbocycles. The second kappa shape index (κ2) is 4.21. The van der Waals surface area contributed by atoms with E-state index in [0.29, 0.717) is 17.7 Å². The minimum atomic E-state index is -0.926. The van der Waals surface area contributed by atoms with Crippen molar-refractivity contribution in [2.75, 3.05) is 5.06 Å². The number of para-hydroxylation sites is 1. The van der Waals surface area contributed by atoms with E-state index in [4.69, 9.17) is 0 Å². The van der Waals surface area contributed by atoms with Crippen molar-refractivity contribution in [3.8, 4) is 0 Å². The summed E-state index contributed by atoms with van der Waals surface area (Å²) in [6, 6.07) is 16.7. The van der Waals surface area contributed by atoms with Crippen molar-refractivity contribution in [2.45, 2.75) is 18.9 Å². The predicted octanol–water partition coefficient (Wildman–Crippen LogP) is 3.08. The predicted molar refractivity (Wildman–Crippen MR) is 73.6 cm³/mol. The smallest absolute Gasteiger partial charge is 0.191 e. The number of nitrogens with zero attached hydrogens (tertiary/aromatic N) is 1. The number of rotatable bonds is 2. The summed E-state index contributed by atoms with van der Waals surface area (Å²) in [5.41, 5.74) is 1.40. The molecule has 0 radical (unpaired) electrons. The monoisotopic (exact) mass is 253 g/mol. The zero-order chi connectivity index (χ0) is 13.5. The highest BCUT2D eigenvalue weighted by molar-refractivity contribution is 6.09. The lowest BCUT2D eigenvalue weighted by Crippen LogP contribution is -2.49. The average Bonchev–Trinajstić information content (AvgIpc) is 2.72. The third-order valence-corrected chi connectivity index (χ3v) is 3.75. The number of carbonyl (C=O) groups is 1. The van der Waals surface area contributed by atoms with E-state index < -0.39 is 5.54 Å². The van der Waals surface area contributed by atoms with Crippen LogP contribution < -0.4 is 5.06 Å². The number of Topliss-reactive ketones (excluding diaryl/α,β-unsaturated/α-hetero) is 1. The Kier molecular flexibility index (Phi) is 2.64. The maximum absolute atomic E-state index is 12.5. The summed E-state index contributed by atoms with van der Waals surface area (Å²) in [5.74, 6) is -0.0329. The lowest BCUT2D eigenvalue weighted by atomic mass is 9.96. The number of hydrogen-bond acceptors (Lipinski definition) is 3. The summed E-state index contributed by atoms with van der Waals surface area (Å²) in [4.78, 5) is 12.5. The molecule has 1 aliphatic rings. The van der Waals surface area contributed by atoms with E-state index in [2.05, 4.69) is 0 Å². The Balaban J connectivity index is 2.01. The largest absolute Gasteiger partial charge is 0.291 e. The van der Waals surface area contributed by atoms with E-state index in [1.165, 1.54) is 0 Å². The first-order chi connectivity index (χ1) is 9.13. The maximum Gasteiger partial charge on any atom is 0.191 e. The SMILES string of the molecule is CC1(N(O)c2ccccc2)Cc2ccccc2C1=O. The molecule has 0 heterocycles. The molecule has 0 saturated heterocycles. The highest BCUT2D eigenvalue weighted by Gasteiger charge is 2.46. The molecule has 1 aliphatic carbocycles. The topological polar surface area (TPSA) is 40.5 Å². The molecular formula is C16H15NO2. The highest BCUT2D eigenvalue weighted by Crippen LogP contribution is 2.35. The molecule has 19 heavy (non-hydrogen) atoms. The van der Waals surface area contributed by atoms with Crippen LogP contribution in [0.3, 0.4) is 0 Å². The van der Waals surface area contributed by atoms with Crippen molar-refractivity contribution in [3.05, 3.63) is 65.7 Å². The van der Waals surface area contributed by atoms with Gasteiger partial charge in [-0.25, -0.2) is 5.06 Å². The number of fused-ring (bicyclic) bond motifs is 1. The number of benzene rings is 2.